The minimum Gasteiger partial charge on any atom is -0.452 e. The molecule has 0 aliphatic rings. The van der Waals surface area contributed by atoms with E-state index in [0.717, 1.165) is 5.56 Å². The quantitative estimate of drug-likeness (QED) is 0.571. The largest absolute Gasteiger partial charge is 0.452 e. The van der Waals surface area contributed by atoms with Crippen LogP contribution in [0.1, 0.15) is 29.3 Å². The number of carbonyl (C=O) groups excluding carboxylic acids is 2. The van der Waals surface area contributed by atoms with Crippen molar-refractivity contribution in [1.82, 2.24) is 10.0 Å². The van der Waals surface area contributed by atoms with E-state index in [1.165, 1.54) is 36.4 Å². The second-order valence-corrected chi connectivity index (χ2v) is 8.00. The minimum atomic E-state index is -3.71. The Morgan fingerprint density at radius 2 is 1.79 bits per heavy atom. The summed E-state index contributed by atoms with van der Waals surface area (Å²) >= 11 is 0. The first-order chi connectivity index (χ1) is 13.8. The maximum Gasteiger partial charge on any atom is 0.338 e. The normalized spacial score (nSPS) is 11.1. The molecule has 2 N–H and O–H groups in total. The van der Waals surface area contributed by atoms with Crippen LogP contribution < -0.4 is 10.0 Å². The molecule has 1 amide bonds. The Morgan fingerprint density at radius 1 is 1.07 bits per heavy atom. The van der Waals surface area contributed by atoms with Gasteiger partial charge in [0.1, 0.15) is 5.82 Å². The smallest absolute Gasteiger partial charge is 0.338 e. The molecule has 0 atom stereocenters. The summed E-state index contributed by atoms with van der Waals surface area (Å²) in [5, 5.41) is 2.60. The van der Waals surface area contributed by atoms with E-state index in [9.17, 15) is 22.4 Å². The van der Waals surface area contributed by atoms with E-state index >= 15 is 0 Å². The number of hydrogen-bond acceptors (Lipinski definition) is 5. The van der Waals surface area contributed by atoms with Gasteiger partial charge in [-0.1, -0.05) is 25.1 Å². The number of amides is 1. The summed E-state index contributed by atoms with van der Waals surface area (Å²) in [6.07, 6.45) is 1.14. The zero-order valence-electron chi connectivity index (χ0n) is 16.0. The maximum atomic E-state index is 12.8. The van der Waals surface area contributed by atoms with Crippen molar-refractivity contribution >= 4 is 21.9 Å². The number of hydrogen-bond donors (Lipinski definition) is 2. The summed E-state index contributed by atoms with van der Waals surface area (Å²) in [5.41, 5.74) is 0.891. The van der Waals surface area contributed by atoms with Crippen molar-refractivity contribution in [2.75, 3.05) is 19.7 Å². The maximum absolute atomic E-state index is 12.8. The average molecular weight is 422 g/mol. The van der Waals surface area contributed by atoms with Gasteiger partial charge >= 0.3 is 5.97 Å². The van der Waals surface area contributed by atoms with Gasteiger partial charge in [0.05, 0.1) is 10.5 Å². The van der Waals surface area contributed by atoms with Gasteiger partial charge in [-0.25, -0.2) is 22.3 Å². The molecule has 0 saturated heterocycles. The molecule has 0 saturated carbocycles. The third-order valence-corrected chi connectivity index (χ3v) is 5.36. The summed E-state index contributed by atoms with van der Waals surface area (Å²) < 4.78 is 44.5. The SMILES string of the molecule is CCCNS(=O)(=O)c1cccc(C(=O)OCC(=O)NCCc2ccc(F)cc2)c1. The predicted molar refractivity (Wildman–Crippen MR) is 105 cm³/mol. The van der Waals surface area contributed by atoms with Gasteiger partial charge in [0, 0.05) is 13.1 Å². The van der Waals surface area contributed by atoms with Gasteiger partial charge in [0.15, 0.2) is 6.61 Å². The van der Waals surface area contributed by atoms with Crippen LogP contribution in [0.2, 0.25) is 0 Å². The molecule has 2 aromatic rings. The summed E-state index contributed by atoms with van der Waals surface area (Å²) in [6, 6.07) is 11.3. The van der Waals surface area contributed by atoms with Crippen LogP contribution in [-0.2, 0) is 26.0 Å². The molecule has 29 heavy (non-hydrogen) atoms. The lowest BCUT2D eigenvalue weighted by Crippen LogP contribution is -2.30. The van der Waals surface area contributed by atoms with E-state index in [4.69, 9.17) is 4.74 Å². The number of sulfonamides is 1. The first kappa shape index (κ1) is 22.5. The van der Waals surface area contributed by atoms with Crippen LogP contribution in [0, 0.1) is 5.82 Å². The monoisotopic (exact) mass is 422 g/mol. The van der Waals surface area contributed by atoms with Crippen molar-refractivity contribution in [3.05, 3.63) is 65.5 Å². The van der Waals surface area contributed by atoms with Crippen LogP contribution in [0.4, 0.5) is 4.39 Å². The highest BCUT2D eigenvalue weighted by molar-refractivity contribution is 7.89. The molecule has 7 nitrogen and oxygen atoms in total. The van der Waals surface area contributed by atoms with Gasteiger partial charge in [-0.05, 0) is 48.7 Å². The summed E-state index contributed by atoms with van der Waals surface area (Å²) in [5.74, 6) is -1.62. The van der Waals surface area contributed by atoms with Crippen molar-refractivity contribution in [2.45, 2.75) is 24.7 Å². The van der Waals surface area contributed by atoms with E-state index in [1.54, 1.807) is 12.1 Å². The molecule has 9 heteroatoms. The van der Waals surface area contributed by atoms with Gasteiger partial charge in [-0.2, -0.15) is 0 Å². The molecular weight excluding hydrogens is 399 g/mol. The van der Waals surface area contributed by atoms with Crippen molar-refractivity contribution in [3.8, 4) is 0 Å². The number of halogens is 1. The molecule has 0 unspecified atom stereocenters. The third kappa shape index (κ3) is 7.28. The molecule has 2 rings (SSSR count). The van der Waals surface area contributed by atoms with E-state index in [-0.39, 0.29) is 22.8 Å². The zero-order chi connectivity index (χ0) is 21.3. The molecule has 0 bridgehead atoms. The molecule has 0 aliphatic heterocycles. The van der Waals surface area contributed by atoms with Crippen LogP contribution >= 0.6 is 0 Å². The highest BCUT2D eigenvalue weighted by Gasteiger charge is 2.17. The molecule has 0 heterocycles. The number of rotatable bonds is 10. The van der Waals surface area contributed by atoms with E-state index in [0.29, 0.717) is 19.4 Å². The van der Waals surface area contributed by atoms with Crippen LogP contribution in [0.15, 0.2) is 53.4 Å². The van der Waals surface area contributed by atoms with Crippen molar-refractivity contribution in [2.24, 2.45) is 0 Å². The summed E-state index contributed by atoms with van der Waals surface area (Å²) in [4.78, 5) is 23.9. The third-order valence-electron chi connectivity index (χ3n) is 3.91. The Kier molecular flexibility index (Phi) is 8.29. The fourth-order valence-electron chi connectivity index (χ4n) is 2.37. The highest BCUT2D eigenvalue weighted by atomic mass is 32.2. The van der Waals surface area contributed by atoms with Gasteiger partial charge in [-0.15, -0.1) is 0 Å². The number of benzene rings is 2. The molecule has 0 aliphatic carbocycles. The molecule has 0 spiro atoms. The van der Waals surface area contributed by atoms with Gasteiger partial charge in [-0.3, -0.25) is 4.79 Å². The number of ether oxygens (including phenoxy) is 1. The van der Waals surface area contributed by atoms with E-state index < -0.39 is 28.5 Å². The van der Waals surface area contributed by atoms with Crippen LogP contribution in [0.3, 0.4) is 0 Å². The lowest BCUT2D eigenvalue weighted by atomic mass is 10.1. The predicted octanol–water partition coefficient (Wildman–Crippen LogP) is 2.03. The second kappa shape index (κ2) is 10.7. The number of esters is 1. The first-order valence-electron chi connectivity index (χ1n) is 9.10. The molecule has 2 aromatic carbocycles. The standard InChI is InChI=1S/C20H23FN2O5S/c1-2-11-23-29(26,27)18-5-3-4-16(13-18)20(25)28-14-19(24)22-12-10-15-6-8-17(21)9-7-15/h3-9,13,23H,2,10-12,14H2,1H3,(H,22,24). The summed E-state index contributed by atoms with van der Waals surface area (Å²) in [6.45, 7) is 1.93. The van der Waals surface area contributed by atoms with Gasteiger partial charge in [0.25, 0.3) is 5.91 Å². The van der Waals surface area contributed by atoms with Crippen LogP contribution in [0.25, 0.3) is 0 Å². The topological polar surface area (TPSA) is 102 Å². The second-order valence-electron chi connectivity index (χ2n) is 6.23. The van der Waals surface area contributed by atoms with Gasteiger partial charge < -0.3 is 10.1 Å². The fraction of sp³-hybridized carbons (Fsp3) is 0.300. The number of carbonyl (C=O) groups is 2. The Hall–Kier alpha value is -2.78. The lowest BCUT2D eigenvalue weighted by molar-refractivity contribution is -0.124. The van der Waals surface area contributed by atoms with Crippen molar-refractivity contribution < 1.29 is 27.1 Å². The molecule has 0 aromatic heterocycles. The van der Waals surface area contributed by atoms with Crippen molar-refractivity contribution in [1.29, 1.82) is 0 Å². The Labute approximate surface area is 169 Å². The zero-order valence-corrected chi connectivity index (χ0v) is 16.8. The Bertz CT molecular complexity index is 946. The average Bonchev–Trinajstić information content (AvgIpc) is 2.72. The van der Waals surface area contributed by atoms with Gasteiger partial charge in [0.2, 0.25) is 10.0 Å². The molecule has 0 fully saturated rings. The van der Waals surface area contributed by atoms with Crippen molar-refractivity contribution in [3.63, 3.8) is 0 Å². The molecule has 156 valence electrons. The Balaban J connectivity index is 1.83. The number of nitrogens with one attached hydrogen (secondary N) is 2. The minimum absolute atomic E-state index is 0.0310. The van der Waals surface area contributed by atoms with E-state index in [2.05, 4.69) is 10.0 Å². The van der Waals surface area contributed by atoms with Crippen LogP contribution in [-0.4, -0.2) is 40.0 Å². The highest BCUT2D eigenvalue weighted by Crippen LogP contribution is 2.12. The first-order valence-corrected chi connectivity index (χ1v) is 10.6. The van der Waals surface area contributed by atoms with E-state index in [1.807, 2.05) is 6.92 Å². The molecule has 0 radical (unpaired) electrons. The lowest BCUT2D eigenvalue weighted by Gasteiger charge is -2.09. The summed E-state index contributed by atoms with van der Waals surface area (Å²) in [7, 11) is -3.71. The molecular formula is C20H23FN2O5S. The van der Waals surface area contributed by atoms with Crippen LogP contribution in [0.5, 0.6) is 0 Å². The fourth-order valence-corrected chi connectivity index (χ4v) is 3.55. The Morgan fingerprint density at radius 3 is 2.48 bits per heavy atom.